The van der Waals surface area contributed by atoms with Crippen molar-refractivity contribution in [3.05, 3.63) is 23.2 Å². The van der Waals surface area contributed by atoms with Crippen LogP contribution in [0.15, 0.2) is 18.2 Å². The van der Waals surface area contributed by atoms with Crippen molar-refractivity contribution in [3.63, 3.8) is 0 Å². The zero-order valence-corrected chi connectivity index (χ0v) is 10.9. The zero-order valence-electron chi connectivity index (χ0n) is 10.1. The lowest BCUT2D eigenvalue weighted by Crippen LogP contribution is -2.45. The average Bonchev–Trinajstić information content (AvgIpc) is 2.21. The molecule has 0 saturated heterocycles. The lowest BCUT2D eigenvalue weighted by Gasteiger charge is -2.25. The summed E-state index contributed by atoms with van der Waals surface area (Å²) in [6, 6.07) is 3.84. The van der Waals surface area contributed by atoms with E-state index in [0.717, 1.165) is 0 Å². The highest BCUT2D eigenvalue weighted by Crippen LogP contribution is 2.26. The maximum atomic E-state index is 11.8. The standard InChI is InChI=1S/C12H17ClN2O2/c1-12(2,3)10(14)11(17)15-7-4-5-9(16)8(13)6-7/h4-6,10,16H,14H2,1-3H3,(H,15,17)/t10-/m1/s1. The molecular weight excluding hydrogens is 240 g/mol. The molecule has 0 saturated carbocycles. The molecule has 1 aromatic rings. The number of anilines is 1. The molecule has 94 valence electrons. The minimum atomic E-state index is -0.616. The number of carbonyl (C=O) groups is 1. The summed E-state index contributed by atoms with van der Waals surface area (Å²) in [5.41, 5.74) is 6.01. The van der Waals surface area contributed by atoms with Crippen molar-refractivity contribution in [2.75, 3.05) is 5.32 Å². The molecule has 1 atom stereocenters. The monoisotopic (exact) mass is 256 g/mol. The molecule has 1 amide bonds. The Balaban J connectivity index is 2.78. The third-order valence-electron chi connectivity index (χ3n) is 2.43. The summed E-state index contributed by atoms with van der Waals surface area (Å²) >= 11 is 5.73. The summed E-state index contributed by atoms with van der Waals surface area (Å²) in [6.45, 7) is 5.67. The molecule has 0 aliphatic heterocycles. The topological polar surface area (TPSA) is 75.4 Å². The number of aromatic hydroxyl groups is 1. The number of benzene rings is 1. The number of phenols is 1. The van der Waals surface area contributed by atoms with Gasteiger partial charge in [0.05, 0.1) is 11.1 Å². The molecule has 0 aliphatic rings. The molecule has 0 fully saturated rings. The number of halogens is 1. The fourth-order valence-electron chi connectivity index (χ4n) is 1.20. The van der Waals surface area contributed by atoms with Gasteiger partial charge in [0, 0.05) is 5.69 Å². The van der Waals surface area contributed by atoms with E-state index in [9.17, 15) is 9.90 Å². The Morgan fingerprint density at radius 3 is 2.53 bits per heavy atom. The van der Waals surface area contributed by atoms with Crippen LogP contribution in [0.4, 0.5) is 5.69 Å². The predicted molar refractivity (Wildman–Crippen MR) is 69.2 cm³/mol. The van der Waals surface area contributed by atoms with Gasteiger partial charge < -0.3 is 16.2 Å². The van der Waals surface area contributed by atoms with E-state index in [1.807, 2.05) is 20.8 Å². The largest absolute Gasteiger partial charge is 0.506 e. The SMILES string of the molecule is CC(C)(C)[C@H](N)C(=O)Nc1ccc(O)c(Cl)c1. The van der Waals surface area contributed by atoms with Crippen molar-refractivity contribution in [2.45, 2.75) is 26.8 Å². The molecule has 1 rings (SSSR count). The fraction of sp³-hybridized carbons (Fsp3) is 0.417. The highest BCUT2D eigenvalue weighted by molar-refractivity contribution is 6.32. The smallest absolute Gasteiger partial charge is 0.241 e. The van der Waals surface area contributed by atoms with Crippen molar-refractivity contribution in [1.29, 1.82) is 0 Å². The number of nitrogens with one attached hydrogen (secondary N) is 1. The Labute approximate surface area is 106 Å². The number of carbonyl (C=O) groups excluding carboxylic acids is 1. The van der Waals surface area contributed by atoms with Crippen LogP contribution in [0.5, 0.6) is 5.75 Å². The lowest BCUT2D eigenvalue weighted by atomic mass is 9.87. The number of rotatable bonds is 2. The Kier molecular flexibility index (Phi) is 4.01. The quantitative estimate of drug-likeness (QED) is 0.711. The van der Waals surface area contributed by atoms with Crippen LogP contribution in [-0.2, 0) is 4.79 Å². The molecule has 1 aromatic carbocycles. The highest BCUT2D eigenvalue weighted by atomic mass is 35.5. The van der Waals surface area contributed by atoms with E-state index in [1.54, 1.807) is 6.07 Å². The molecule has 0 radical (unpaired) electrons. The summed E-state index contributed by atoms with van der Waals surface area (Å²) in [6.07, 6.45) is 0. The van der Waals surface area contributed by atoms with Gasteiger partial charge in [-0.15, -0.1) is 0 Å². The molecule has 0 spiro atoms. The van der Waals surface area contributed by atoms with Crippen molar-refractivity contribution < 1.29 is 9.90 Å². The first-order chi connectivity index (χ1) is 7.71. The summed E-state index contributed by atoms with van der Waals surface area (Å²) in [4.78, 5) is 11.8. The summed E-state index contributed by atoms with van der Waals surface area (Å²) < 4.78 is 0. The molecular formula is C12H17ClN2O2. The average molecular weight is 257 g/mol. The van der Waals surface area contributed by atoms with E-state index in [1.165, 1.54) is 12.1 Å². The van der Waals surface area contributed by atoms with Gasteiger partial charge in [0.25, 0.3) is 0 Å². The fourth-order valence-corrected chi connectivity index (χ4v) is 1.38. The van der Waals surface area contributed by atoms with Crippen LogP contribution in [0, 0.1) is 5.41 Å². The van der Waals surface area contributed by atoms with Gasteiger partial charge in [-0.25, -0.2) is 0 Å². The number of phenolic OH excluding ortho intramolecular Hbond substituents is 1. The van der Waals surface area contributed by atoms with Gasteiger partial charge in [-0.2, -0.15) is 0 Å². The molecule has 0 aromatic heterocycles. The number of nitrogens with two attached hydrogens (primary N) is 1. The third kappa shape index (κ3) is 3.61. The van der Waals surface area contributed by atoms with Crippen LogP contribution in [0.1, 0.15) is 20.8 Å². The van der Waals surface area contributed by atoms with E-state index in [-0.39, 0.29) is 22.1 Å². The van der Waals surface area contributed by atoms with Crippen molar-refractivity contribution in [2.24, 2.45) is 11.1 Å². The first kappa shape index (κ1) is 13.8. The molecule has 4 nitrogen and oxygen atoms in total. The minimum Gasteiger partial charge on any atom is -0.506 e. The summed E-state index contributed by atoms with van der Waals surface area (Å²) in [5, 5.41) is 12.1. The Morgan fingerprint density at radius 2 is 2.06 bits per heavy atom. The number of hydrogen-bond acceptors (Lipinski definition) is 3. The summed E-state index contributed by atoms with van der Waals surface area (Å²) in [5.74, 6) is -0.302. The Hall–Kier alpha value is -1.26. The van der Waals surface area contributed by atoms with Crippen molar-refractivity contribution >= 4 is 23.2 Å². The second kappa shape index (κ2) is 4.94. The second-order valence-electron chi connectivity index (χ2n) is 5.00. The van der Waals surface area contributed by atoms with Gasteiger partial charge in [0.2, 0.25) is 5.91 Å². The van der Waals surface area contributed by atoms with Gasteiger partial charge in [0.1, 0.15) is 5.75 Å². The third-order valence-corrected chi connectivity index (χ3v) is 2.73. The van der Waals surface area contributed by atoms with Crippen LogP contribution in [0.3, 0.4) is 0 Å². The van der Waals surface area contributed by atoms with E-state index in [0.29, 0.717) is 5.69 Å². The van der Waals surface area contributed by atoms with E-state index < -0.39 is 6.04 Å². The first-order valence-corrected chi connectivity index (χ1v) is 5.64. The van der Waals surface area contributed by atoms with Crippen molar-refractivity contribution in [1.82, 2.24) is 0 Å². The Morgan fingerprint density at radius 1 is 1.47 bits per heavy atom. The minimum absolute atomic E-state index is 0.0233. The van der Waals surface area contributed by atoms with Crippen LogP contribution in [0.2, 0.25) is 5.02 Å². The van der Waals surface area contributed by atoms with Gasteiger partial charge in [0.15, 0.2) is 0 Å². The van der Waals surface area contributed by atoms with Gasteiger partial charge in [-0.3, -0.25) is 4.79 Å². The molecule has 0 heterocycles. The molecule has 5 heteroatoms. The normalized spacial score (nSPS) is 13.2. The lowest BCUT2D eigenvalue weighted by molar-refractivity contribution is -0.119. The Bertz CT molecular complexity index is 427. The van der Waals surface area contributed by atoms with Gasteiger partial charge in [-0.1, -0.05) is 32.4 Å². The maximum Gasteiger partial charge on any atom is 0.241 e. The van der Waals surface area contributed by atoms with Crippen molar-refractivity contribution in [3.8, 4) is 5.75 Å². The van der Waals surface area contributed by atoms with Crippen LogP contribution in [-0.4, -0.2) is 17.1 Å². The molecule has 0 aliphatic carbocycles. The van der Waals surface area contributed by atoms with Gasteiger partial charge in [-0.05, 0) is 23.6 Å². The van der Waals surface area contributed by atoms with Crippen LogP contribution >= 0.6 is 11.6 Å². The summed E-state index contributed by atoms with van der Waals surface area (Å²) in [7, 11) is 0. The van der Waals surface area contributed by atoms with Crippen LogP contribution in [0.25, 0.3) is 0 Å². The molecule has 17 heavy (non-hydrogen) atoms. The first-order valence-electron chi connectivity index (χ1n) is 5.27. The van der Waals surface area contributed by atoms with E-state index in [2.05, 4.69) is 5.32 Å². The molecule has 0 unspecified atom stereocenters. The van der Waals surface area contributed by atoms with E-state index in [4.69, 9.17) is 17.3 Å². The number of amides is 1. The predicted octanol–water partition coefficient (Wildman–Crippen LogP) is 2.36. The van der Waals surface area contributed by atoms with Crippen LogP contribution < -0.4 is 11.1 Å². The molecule has 0 bridgehead atoms. The maximum absolute atomic E-state index is 11.8. The highest BCUT2D eigenvalue weighted by Gasteiger charge is 2.27. The van der Waals surface area contributed by atoms with E-state index >= 15 is 0 Å². The zero-order chi connectivity index (χ0) is 13.2. The second-order valence-corrected chi connectivity index (χ2v) is 5.41. The van der Waals surface area contributed by atoms with Gasteiger partial charge >= 0.3 is 0 Å². The molecule has 4 N–H and O–H groups in total. The number of hydrogen-bond donors (Lipinski definition) is 3.